The molecule has 0 saturated carbocycles. The van der Waals surface area contributed by atoms with Crippen LogP contribution in [0, 0.1) is 43.9 Å². The fourth-order valence-electron chi connectivity index (χ4n) is 5.24. The van der Waals surface area contributed by atoms with Crippen LogP contribution in [0.2, 0.25) is 25.1 Å². The third-order valence-electron chi connectivity index (χ3n) is 8.22. The molecule has 1 aromatic heterocycles. The maximum absolute atomic E-state index is 10.5. The number of halogens is 5. The number of furan rings is 1. The Kier molecular flexibility index (Phi) is 28.7. The van der Waals surface area contributed by atoms with Crippen molar-refractivity contribution in [1.82, 2.24) is 15.5 Å². The van der Waals surface area contributed by atoms with Gasteiger partial charge in [-0.05, 0) is 49.9 Å². The minimum Gasteiger partial charge on any atom is -0.464 e. The SMILES string of the molecule is CC(C)CCCC(C)CCCC(C)CCCC(C)C.CN/C(=C/[N+](=O)[O-])NCCSCc1ccc(CN(C)C)o1.O=[N+]([O-])c1c(Cl)c(Cl)c(Cl)c(Cl)c1Cl. The second-order valence-electron chi connectivity index (χ2n) is 14.6. The van der Waals surface area contributed by atoms with Gasteiger partial charge in [0.1, 0.15) is 21.6 Å². The van der Waals surface area contributed by atoms with E-state index in [1.165, 1.54) is 57.8 Å². The minimum absolute atomic E-state index is 0.103. The molecule has 0 radical (unpaired) electrons. The van der Waals surface area contributed by atoms with Gasteiger partial charge < -0.3 is 20.0 Å². The van der Waals surface area contributed by atoms with Crippen molar-refractivity contribution in [2.24, 2.45) is 23.7 Å². The first kappa shape index (κ1) is 52.4. The van der Waals surface area contributed by atoms with Crippen LogP contribution in [-0.2, 0) is 12.3 Å². The zero-order chi connectivity index (χ0) is 41.4. The fraction of sp³-hybridized carbons (Fsp3) is 0.684. The molecule has 1 heterocycles. The zero-order valence-electron chi connectivity index (χ0n) is 33.4. The molecule has 0 saturated heterocycles. The fourth-order valence-corrected chi connectivity index (χ4v) is 7.25. The summed E-state index contributed by atoms with van der Waals surface area (Å²) >= 11 is 29.6. The standard InChI is InChI=1S/C19H40.C13H22N4O3S.C6Cl5NO2/c1-16(2)10-7-12-18(5)14-9-15-19(6)13-8-11-17(3)4;1-14-13(9-17(18)19)15-6-7-21-10-12-5-4-11(20-12)8-16(2)3;7-1-2(8)4(10)6(12(13)14)5(11)3(1)9/h16-19H,7-15H2,1-6H3;4-5,9,14-15H,6-8,10H2,1-3H3;/b;13-9-;. The second-order valence-corrected chi connectivity index (χ2v) is 17.6. The molecule has 0 aliphatic carbocycles. The summed E-state index contributed by atoms with van der Waals surface area (Å²) in [7, 11) is 5.64. The molecule has 2 aromatic rings. The van der Waals surface area contributed by atoms with Crippen molar-refractivity contribution < 1.29 is 14.3 Å². The number of nitrogens with zero attached hydrogens (tertiary/aromatic N) is 3. The van der Waals surface area contributed by atoms with Crippen LogP contribution in [0.4, 0.5) is 5.69 Å². The van der Waals surface area contributed by atoms with Crippen LogP contribution in [0.5, 0.6) is 0 Å². The quantitative estimate of drug-likeness (QED) is 0.0369. The predicted molar refractivity (Wildman–Crippen MR) is 232 cm³/mol. The van der Waals surface area contributed by atoms with Gasteiger partial charge in [0.05, 0.1) is 37.2 Å². The second kappa shape index (κ2) is 29.6. The van der Waals surface area contributed by atoms with Gasteiger partial charge in [0, 0.05) is 19.3 Å². The van der Waals surface area contributed by atoms with Gasteiger partial charge in [0.2, 0.25) is 0 Å². The summed E-state index contributed by atoms with van der Waals surface area (Å²) in [4.78, 5) is 21.7. The van der Waals surface area contributed by atoms with Crippen molar-refractivity contribution in [1.29, 1.82) is 0 Å². The number of benzene rings is 1. The minimum atomic E-state index is -0.779. The van der Waals surface area contributed by atoms with Gasteiger partial charge in [-0.15, -0.1) is 0 Å². The van der Waals surface area contributed by atoms with E-state index in [0.29, 0.717) is 12.4 Å². The van der Waals surface area contributed by atoms with Crippen LogP contribution in [0.15, 0.2) is 28.6 Å². The highest BCUT2D eigenvalue weighted by molar-refractivity contribution is 7.98. The van der Waals surface area contributed by atoms with E-state index in [1.807, 2.05) is 26.2 Å². The largest absolute Gasteiger partial charge is 0.464 e. The van der Waals surface area contributed by atoms with Crippen LogP contribution in [0.1, 0.15) is 111 Å². The number of hydrogen-bond acceptors (Lipinski definition) is 9. The highest BCUT2D eigenvalue weighted by Crippen LogP contribution is 2.47. The van der Waals surface area contributed by atoms with Crippen molar-refractivity contribution >= 4 is 75.5 Å². The highest BCUT2D eigenvalue weighted by Gasteiger charge is 2.27. The van der Waals surface area contributed by atoms with Crippen LogP contribution in [0.3, 0.4) is 0 Å². The molecule has 54 heavy (non-hydrogen) atoms. The van der Waals surface area contributed by atoms with E-state index in [1.54, 1.807) is 18.8 Å². The highest BCUT2D eigenvalue weighted by atomic mass is 35.5. The third kappa shape index (κ3) is 24.1. The molecule has 1 aromatic carbocycles. The average molecular weight is 878 g/mol. The number of nitro groups is 2. The maximum Gasteiger partial charge on any atom is 0.309 e. The zero-order valence-corrected chi connectivity index (χ0v) is 38.0. The van der Waals surface area contributed by atoms with E-state index in [9.17, 15) is 20.2 Å². The van der Waals surface area contributed by atoms with Crippen molar-refractivity contribution in [3.63, 3.8) is 0 Å². The molecule has 10 nitrogen and oxygen atoms in total. The number of hydrogen-bond donors (Lipinski definition) is 2. The van der Waals surface area contributed by atoms with E-state index in [0.717, 1.165) is 59.4 Å². The van der Waals surface area contributed by atoms with Crippen LogP contribution >= 0.6 is 69.8 Å². The number of thioether (sulfide) groups is 1. The van der Waals surface area contributed by atoms with Crippen LogP contribution in [-0.4, -0.2) is 48.2 Å². The summed E-state index contributed by atoms with van der Waals surface area (Å²) in [5, 5.41) is 25.5. The Hall–Kier alpha value is -1.60. The maximum atomic E-state index is 10.5. The number of nitro benzene ring substituents is 1. The summed E-state index contributed by atoms with van der Waals surface area (Å²) in [6, 6.07) is 3.98. The molecule has 0 spiro atoms. The Balaban J connectivity index is 0.000000795. The summed E-state index contributed by atoms with van der Waals surface area (Å²) < 4.78 is 5.70. The van der Waals surface area contributed by atoms with E-state index in [2.05, 4.69) is 57.1 Å². The molecule has 0 aliphatic heterocycles. The Morgan fingerprint density at radius 1 is 0.778 bits per heavy atom. The molecule has 2 atom stereocenters. The third-order valence-corrected chi connectivity index (χ3v) is 11.5. The number of rotatable bonds is 23. The molecule has 0 amide bonds. The lowest BCUT2D eigenvalue weighted by molar-refractivity contribution is -0.404. The van der Waals surface area contributed by atoms with Crippen molar-refractivity contribution in [2.45, 2.75) is 112 Å². The normalized spacial score (nSPS) is 12.6. The predicted octanol–water partition coefficient (Wildman–Crippen LogP) is 13.4. The molecule has 16 heteroatoms. The smallest absolute Gasteiger partial charge is 0.309 e. The monoisotopic (exact) mass is 875 g/mol. The molecule has 0 fully saturated rings. The number of nitrogens with one attached hydrogen (secondary N) is 2. The van der Waals surface area contributed by atoms with Gasteiger partial charge >= 0.3 is 5.69 Å². The Morgan fingerprint density at radius 2 is 1.22 bits per heavy atom. The topological polar surface area (TPSA) is 127 Å². The Bertz CT molecular complexity index is 1360. The molecular weight excluding hydrogens is 816 g/mol. The molecule has 0 aliphatic rings. The summed E-state index contributed by atoms with van der Waals surface area (Å²) in [5.74, 6) is 7.60. The lowest BCUT2D eigenvalue weighted by atomic mass is 9.91. The molecular formula is C38H62Cl5N5O5S. The van der Waals surface area contributed by atoms with Gasteiger partial charge in [0.25, 0.3) is 6.20 Å². The van der Waals surface area contributed by atoms with Crippen molar-refractivity contribution in [3.8, 4) is 0 Å². The molecule has 310 valence electrons. The lowest BCUT2D eigenvalue weighted by Crippen LogP contribution is -2.26. The molecule has 0 bridgehead atoms. The first-order valence-corrected chi connectivity index (χ1v) is 21.6. The van der Waals surface area contributed by atoms with Crippen LogP contribution in [0.25, 0.3) is 0 Å². The van der Waals surface area contributed by atoms with Gasteiger partial charge in [-0.1, -0.05) is 157 Å². The van der Waals surface area contributed by atoms with E-state index >= 15 is 0 Å². The lowest BCUT2D eigenvalue weighted by Gasteiger charge is -2.15. The van der Waals surface area contributed by atoms with Gasteiger partial charge in [-0.3, -0.25) is 20.2 Å². The summed E-state index contributed by atoms with van der Waals surface area (Å²) in [6.45, 7) is 15.7. The van der Waals surface area contributed by atoms with Gasteiger partial charge in [-0.2, -0.15) is 11.8 Å². The van der Waals surface area contributed by atoms with Crippen molar-refractivity contribution in [2.75, 3.05) is 33.4 Å². The summed E-state index contributed by atoms with van der Waals surface area (Å²) in [5.41, 5.74) is -0.548. The van der Waals surface area contributed by atoms with Crippen molar-refractivity contribution in [3.05, 3.63) is 81.0 Å². The average Bonchev–Trinajstić information content (AvgIpc) is 3.52. The first-order chi connectivity index (χ1) is 25.3. The Labute approximate surface area is 353 Å². The van der Waals surface area contributed by atoms with E-state index < -0.39 is 15.5 Å². The van der Waals surface area contributed by atoms with Gasteiger partial charge in [0.15, 0.2) is 5.82 Å². The molecule has 2 rings (SSSR count). The summed E-state index contributed by atoms with van der Waals surface area (Å²) in [6.07, 6.45) is 13.9. The van der Waals surface area contributed by atoms with Crippen LogP contribution < -0.4 is 10.6 Å². The van der Waals surface area contributed by atoms with Gasteiger partial charge in [-0.25, -0.2) is 0 Å². The Morgan fingerprint density at radius 3 is 1.63 bits per heavy atom. The molecule has 2 unspecified atom stereocenters. The van der Waals surface area contributed by atoms with E-state index in [4.69, 9.17) is 62.4 Å². The molecule has 2 N–H and O–H groups in total. The van der Waals surface area contributed by atoms with E-state index in [-0.39, 0.29) is 25.1 Å². The first-order valence-electron chi connectivity index (χ1n) is 18.5.